The Hall–Kier alpha value is -1.82. The fourth-order valence-electron chi connectivity index (χ4n) is 3.49. The summed E-state index contributed by atoms with van der Waals surface area (Å²) in [6.45, 7) is 2.37. The monoisotopic (exact) mass is 291 g/mol. The minimum Gasteiger partial charge on any atom is -0.494 e. The number of nitrogens with zero attached hydrogens (tertiary/aromatic N) is 2. The third kappa shape index (κ3) is 2.95. The number of piperidine rings is 1. The summed E-state index contributed by atoms with van der Waals surface area (Å²) >= 11 is 0. The van der Waals surface area contributed by atoms with Crippen LogP contribution >= 0.6 is 0 Å². The van der Waals surface area contributed by atoms with E-state index in [-0.39, 0.29) is 5.69 Å². The smallest absolute Gasteiger partial charge is 0.273 e. The first-order chi connectivity index (χ1) is 10.2. The Balaban J connectivity index is 1.71. The lowest BCUT2D eigenvalue weighted by Gasteiger charge is -2.35. The molecule has 2 fully saturated rings. The van der Waals surface area contributed by atoms with Crippen LogP contribution in [0.5, 0.6) is 5.75 Å². The number of rotatable bonds is 4. The van der Waals surface area contributed by atoms with Gasteiger partial charge in [-0.15, -0.1) is 0 Å². The molecule has 21 heavy (non-hydrogen) atoms. The quantitative estimate of drug-likeness (QED) is 0.682. The molecule has 0 bridgehead atoms. The molecule has 2 aliphatic rings. The Labute approximate surface area is 124 Å². The summed E-state index contributed by atoms with van der Waals surface area (Å²) in [7, 11) is 1.55. The summed E-state index contributed by atoms with van der Waals surface area (Å²) in [5.41, 5.74) is 0.905. The number of fused-ring (bicyclic) bond motifs is 1. The predicted octanol–water partition coefficient (Wildman–Crippen LogP) is 2.64. The van der Waals surface area contributed by atoms with Gasteiger partial charge in [-0.25, -0.2) is 0 Å². The summed E-state index contributed by atoms with van der Waals surface area (Å²) in [6.07, 6.45) is 4.84. The second-order valence-corrected chi connectivity index (χ2v) is 5.84. The van der Waals surface area contributed by atoms with Gasteiger partial charge in [0.1, 0.15) is 5.75 Å². The molecule has 0 radical (unpaired) electrons. The van der Waals surface area contributed by atoms with Crippen LogP contribution in [0.3, 0.4) is 0 Å². The van der Waals surface area contributed by atoms with E-state index in [1.165, 1.54) is 31.5 Å². The van der Waals surface area contributed by atoms with Gasteiger partial charge in [-0.2, -0.15) is 0 Å². The van der Waals surface area contributed by atoms with E-state index in [4.69, 9.17) is 4.74 Å². The van der Waals surface area contributed by atoms with E-state index in [0.717, 1.165) is 25.1 Å². The van der Waals surface area contributed by atoms with E-state index in [1.54, 1.807) is 13.2 Å². The number of non-ortho nitro benzene ring substituents is 1. The molecule has 0 saturated carbocycles. The molecule has 0 aromatic heterocycles. The van der Waals surface area contributed by atoms with Crippen LogP contribution in [0.2, 0.25) is 0 Å². The first-order valence-corrected chi connectivity index (χ1v) is 7.50. The van der Waals surface area contributed by atoms with Crippen LogP contribution in [0.15, 0.2) is 18.2 Å². The van der Waals surface area contributed by atoms with Crippen LogP contribution in [0.1, 0.15) is 25.7 Å². The molecule has 3 rings (SSSR count). The molecule has 6 heteroatoms. The Bertz CT molecular complexity index is 535. The van der Waals surface area contributed by atoms with Gasteiger partial charge in [0.15, 0.2) is 0 Å². The van der Waals surface area contributed by atoms with E-state index >= 15 is 0 Å². The molecule has 2 aliphatic heterocycles. The van der Waals surface area contributed by atoms with Gasteiger partial charge in [0.25, 0.3) is 5.69 Å². The third-order valence-corrected chi connectivity index (χ3v) is 4.58. The topological polar surface area (TPSA) is 67.6 Å². The molecule has 1 aromatic rings. The lowest BCUT2D eigenvalue weighted by molar-refractivity contribution is -0.384. The molecule has 2 saturated heterocycles. The average Bonchev–Trinajstić information content (AvgIpc) is 2.95. The Morgan fingerprint density at radius 2 is 2.24 bits per heavy atom. The minimum atomic E-state index is -0.399. The molecule has 2 heterocycles. The molecule has 6 nitrogen and oxygen atoms in total. The lowest BCUT2D eigenvalue weighted by atomic mass is 9.97. The van der Waals surface area contributed by atoms with E-state index in [2.05, 4.69) is 10.2 Å². The Morgan fingerprint density at radius 1 is 1.38 bits per heavy atom. The summed E-state index contributed by atoms with van der Waals surface area (Å²) in [6, 6.07) is 5.86. The normalized spacial score (nSPS) is 25.4. The standard InChI is InChI=1S/C15H21N3O3/c1-21-15-10-13(18(19)20)4-5-14(15)16-11-6-8-17-7-2-3-12(17)9-11/h4-5,10-12,16H,2-3,6-9H2,1H3. The van der Waals surface area contributed by atoms with Crippen molar-refractivity contribution >= 4 is 11.4 Å². The van der Waals surface area contributed by atoms with Gasteiger partial charge in [0.2, 0.25) is 0 Å². The largest absolute Gasteiger partial charge is 0.494 e. The fourth-order valence-corrected chi connectivity index (χ4v) is 3.49. The highest BCUT2D eigenvalue weighted by molar-refractivity contribution is 5.61. The maximum atomic E-state index is 10.8. The van der Waals surface area contributed by atoms with Crippen molar-refractivity contribution in [3.05, 3.63) is 28.3 Å². The second-order valence-electron chi connectivity index (χ2n) is 5.84. The van der Waals surface area contributed by atoms with Crippen LogP contribution < -0.4 is 10.1 Å². The zero-order valence-electron chi connectivity index (χ0n) is 12.2. The minimum absolute atomic E-state index is 0.0583. The number of nitrogens with one attached hydrogen (secondary N) is 1. The van der Waals surface area contributed by atoms with Gasteiger partial charge < -0.3 is 15.0 Å². The third-order valence-electron chi connectivity index (χ3n) is 4.58. The molecular formula is C15H21N3O3. The van der Waals surface area contributed by atoms with Crippen LogP contribution in [0.4, 0.5) is 11.4 Å². The van der Waals surface area contributed by atoms with Gasteiger partial charge in [0, 0.05) is 24.7 Å². The summed E-state index contributed by atoms with van der Waals surface area (Å²) in [5, 5.41) is 14.3. The summed E-state index contributed by atoms with van der Waals surface area (Å²) < 4.78 is 5.29. The van der Waals surface area contributed by atoms with E-state index in [1.807, 2.05) is 0 Å². The van der Waals surface area contributed by atoms with Crippen molar-refractivity contribution in [2.75, 3.05) is 25.5 Å². The van der Waals surface area contributed by atoms with Gasteiger partial charge in [-0.1, -0.05) is 0 Å². The van der Waals surface area contributed by atoms with Crippen molar-refractivity contribution in [2.24, 2.45) is 0 Å². The van der Waals surface area contributed by atoms with Gasteiger partial charge in [-0.3, -0.25) is 10.1 Å². The first kappa shape index (κ1) is 14.1. The van der Waals surface area contributed by atoms with Crippen molar-refractivity contribution in [3.8, 4) is 5.75 Å². The van der Waals surface area contributed by atoms with Crippen molar-refractivity contribution in [2.45, 2.75) is 37.8 Å². The number of nitro benzene ring substituents is 1. The summed E-state index contributed by atoms with van der Waals surface area (Å²) in [4.78, 5) is 13.0. The van der Waals surface area contributed by atoms with Crippen LogP contribution in [0.25, 0.3) is 0 Å². The molecule has 0 aliphatic carbocycles. The second kappa shape index (κ2) is 5.89. The van der Waals surface area contributed by atoms with E-state index < -0.39 is 4.92 Å². The lowest BCUT2D eigenvalue weighted by Crippen LogP contribution is -2.42. The van der Waals surface area contributed by atoms with E-state index in [9.17, 15) is 10.1 Å². The van der Waals surface area contributed by atoms with Crippen LogP contribution in [-0.4, -0.2) is 42.1 Å². The fraction of sp³-hybridized carbons (Fsp3) is 0.600. The molecule has 2 unspecified atom stereocenters. The van der Waals surface area contributed by atoms with Crippen LogP contribution in [-0.2, 0) is 0 Å². The number of anilines is 1. The molecule has 1 N–H and O–H groups in total. The first-order valence-electron chi connectivity index (χ1n) is 7.50. The highest BCUT2D eigenvalue weighted by Crippen LogP contribution is 2.33. The van der Waals surface area contributed by atoms with E-state index in [0.29, 0.717) is 17.8 Å². The van der Waals surface area contributed by atoms with Gasteiger partial charge in [-0.05, 0) is 38.3 Å². The zero-order chi connectivity index (χ0) is 14.8. The number of ether oxygens (including phenoxy) is 1. The van der Waals surface area contributed by atoms with Gasteiger partial charge in [0.05, 0.1) is 23.8 Å². The molecule has 114 valence electrons. The number of benzene rings is 1. The number of methoxy groups -OCH3 is 1. The zero-order valence-corrected chi connectivity index (χ0v) is 12.2. The van der Waals surface area contributed by atoms with Crippen LogP contribution in [0, 0.1) is 10.1 Å². The highest BCUT2D eigenvalue weighted by Gasteiger charge is 2.31. The summed E-state index contributed by atoms with van der Waals surface area (Å²) in [5.74, 6) is 0.540. The SMILES string of the molecule is COc1cc([N+](=O)[O-])ccc1NC1CCN2CCCC2C1. The molecule has 1 aromatic carbocycles. The predicted molar refractivity (Wildman–Crippen MR) is 80.9 cm³/mol. The maximum absolute atomic E-state index is 10.8. The average molecular weight is 291 g/mol. The number of hydrogen-bond acceptors (Lipinski definition) is 5. The highest BCUT2D eigenvalue weighted by atomic mass is 16.6. The molecule has 0 spiro atoms. The van der Waals surface area contributed by atoms with Crippen molar-refractivity contribution < 1.29 is 9.66 Å². The van der Waals surface area contributed by atoms with Crippen molar-refractivity contribution in [3.63, 3.8) is 0 Å². The maximum Gasteiger partial charge on any atom is 0.273 e. The van der Waals surface area contributed by atoms with Gasteiger partial charge >= 0.3 is 0 Å². The molecule has 0 amide bonds. The molecular weight excluding hydrogens is 270 g/mol. The van der Waals surface area contributed by atoms with Crippen molar-refractivity contribution in [1.29, 1.82) is 0 Å². The number of hydrogen-bond donors (Lipinski definition) is 1. The number of nitro groups is 1. The Morgan fingerprint density at radius 3 is 3.00 bits per heavy atom. The Kier molecular flexibility index (Phi) is 3.96. The molecule has 2 atom stereocenters. The van der Waals surface area contributed by atoms with Crippen molar-refractivity contribution in [1.82, 2.24) is 4.90 Å².